The van der Waals surface area contributed by atoms with Crippen molar-refractivity contribution in [3.8, 4) is 5.75 Å². The number of unbranched alkanes of at least 4 members (excludes halogenated alkanes) is 4. The molecule has 46 heavy (non-hydrogen) atoms. The number of ether oxygens (including phenoxy) is 3. The van der Waals surface area contributed by atoms with Crippen LogP contribution >= 0.6 is 0 Å². The third-order valence-corrected chi connectivity index (χ3v) is 6.73. The lowest BCUT2D eigenvalue weighted by molar-refractivity contribution is -0.185. The molecule has 3 rings (SSSR count). The van der Waals surface area contributed by atoms with E-state index in [0.29, 0.717) is 53.7 Å². The van der Waals surface area contributed by atoms with Gasteiger partial charge in [0, 0.05) is 23.9 Å². The van der Waals surface area contributed by atoms with Gasteiger partial charge in [0.1, 0.15) is 5.75 Å². The number of carbonyl (C=O) groups excluding carboxylic acids is 2. The van der Waals surface area contributed by atoms with Gasteiger partial charge in [-0.25, -0.2) is 9.59 Å². The summed E-state index contributed by atoms with van der Waals surface area (Å²) in [5.41, 5.74) is 13.3. The summed E-state index contributed by atoms with van der Waals surface area (Å²) >= 11 is 0. The minimum absolute atomic E-state index is 0.0235. The highest BCUT2D eigenvalue weighted by molar-refractivity contribution is 5.91. The Hall–Kier alpha value is -4.61. The van der Waals surface area contributed by atoms with E-state index in [2.05, 4.69) is 0 Å². The van der Waals surface area contributed by atoms with Crippen LogP contribution in [0.3, 0.4) is 0 Å². The number of carbonyl (C=O) groups is 2. The van der Waals surface area contributed by atoms with Crippen LogP contribution in [-0.2, 0) is 26.8 Å². The summed E-state index contributed by atoms with van der Waals surface area (Å²) in [6, 6.07) is 15.5. The van der Waals surface area contributed by atoms with E-state index in [1.165, 1.54) is 72.8 Å². The molecule has 248 valence electrons. The van der Waals surface area contributed by atoms with Crippen molar-refractivity contribution < 1.29 is 45.8 Å². The number of benzene rings is 3. The van der Waals surface area contributed by atoms with E-state index >= 15 is 0 Å². The fourth-order valence-corrected chi connectivity index (χ4v) is 4.36. The maximum Gasteiger partial charge on any atom is 0.426 e. The number of alkyl halides is 5. The third-order valence-electron chi connectivity index (χ3n) is 6.73. The molecule has 12 heteroatoms. The van der Waals surface area contributed by atoms with Crippen LogP contribution in [0.4, 0.5) is 33.3 Å². The molecule has 3 aromatic rings. The van der Waals surface area contributed by atoms with E-state index in [-0.39, 0.29) is 30.9 Å². The van der Waals surface area contributed by atoms with E-state index in [4.69, 9.17) is 25.7 Å². The van der Waals surface area contributed by atoms with Gasteiger partial charge in [0.25, 0.3) is 0 Å². The van der Waals surface area contributed by atoms with E-state index in [1.807, 2.05) is 0 Å². The Morgan fingerprint density at radius 1 is 0.717 bits per heavy atom. The number of anilines is 2. The number of rotatable bonds is 17. The lowest BCUT2D eigenvalue weighted by atomic mass is 10.0. The second-order valence-corrected chi connectivity index (χ2v) is 10.6. The summed E-state index contributed by atoms with van der Waals surface area (Å²) in [4.78, 5) is 24.1. The molecule has 0 atom stereocenters. The van der Waals surface area contributed by atoms with Gasteiger partial charge in [-0.2, -0.15) is 22.0 Å². The van der Waals surface area contributed by atoms with Crippen LogP contribution in [0.5, 0.6) is 5.75 Å². The number of hydrogen-bond donors (Lipinski definition) is 2. The lowest BCUT2D eigenvalue weighted by Gasteiger charge is -2.18. The molecule has 0 saturated heterocycles. The molecule has 0 aliphatic rings. The average molecular weight is 649 g/mol. The van der Waals surface area contributed by atoms with Crippen molar-refractivity contribution >= 4 is 29.4 Å². The highest BCUT2D eigenvalue weighted by atomic mass is 19.4. The molecule has 0 amide bonds. The molecule has 0 spiro atoms. The number of nitrogens with two attached hydrogens (primary N) is 2. The first-order chi connectivity index (χ1) is 21.8. The Morgan fingerprint density at radius 2 is 1.33 bits per heavy atom. The Bertz CT molecular complexity index is 1420. The van der Waals surface area contributed by atoms with Crippen molar-refractivity contribution in [3.05, 3.63) is 95.1 Å². The van der Waals surface area contributed by atoms with E-state index < -0.39 is 30.6 Å². The predicted octanol–water partition coefficient (Wildman–Crippen LogP) is 8.23. The summed E-state index contributed by atoms with van der Waals surface area (Å²) in [5.74, 6) is -1.14. The normalized spacial score (nSPS) is 11.8. The molecule has 0 aliphatic heterocycles. The molecule has 0 heterocycles. The minimum Gasteiger partial charge on any atom is -0.463 e. The fourth-order valence-electron chi connectivity index (χ4n) is 4.36. The van der Waals surface area contributed by atoms with E-state index in [0.717, 1.165) is 12.8 Å². The fraction of sp³-hybridized carbons (Fsp3) is 0.353. The average Bonchev–Trinajstić information content (AvgIpc) is 2.99. The van der Waals surface area contributed by atoms with Crippen LogP contribution in [-0.4, -0.2) is 31.3 Å². The Labute approximate surface area is 264 Å². The molecule has 0 bridgehead atoms. The van der Waals surface area contributed by atoms with Gasteiger partial charge in [-0.1, -0.05) is 24.3 Å². The third kappa shape index (κ3) is 13.2. The highest BCUT2D eigenvalue weighted by Crippen LogP contribution is 2.32. The van der Waals surface area contributed by atoms with Crippen molar-refractivity contribution in [1.29, 1.82) is 0 Å². The number of halogens is 5. The Kier molecular flexibility index (Phi) is 13.4. The Balaban J connectivity index is 1.31. The van der Waals surface area contributed by atoms with Gasteiger partial charge in [-0.3, -0.25) is 0 Å². The number of esters is 2. The monoisotopic (exact) mass is 648 g/mol. The predicted molar refractivity (Wildman–Crippen MR) is 165 cm³/mol. The van der Waals surface area contributed by atoms with Crippen LogP contribution in [0.1, 0.15) is 72.0 Å². The van der Waals surface area contributed by atoms with Crippen molar-refractivity contribution in [2.75, 3.05) is 24.7 Å². The van der Waals surface area contributed by atoms with Crippen LogP contribution in [0.2, 0.25) is 0 Å². The van der Waals surface area contributed by atoms with Crippen molar-refractivity contribution in [3.63, 3.8) is 0 Å². The topological polar surface area (TPSA) is 114 Å². The molecule has 0 fully saturated rings. The zero-order chi connectivity index (χ0) is 33.6. The molecule has 0 unspecified atom stereocenters. The zero-order valence-electron chi connectivity index (χ0n) is 25.2. The summed E-state index contributed by atoms with van der Waals surface area (Å²) in [6.45, 7) is 0.455. The molecule has 3 aromatic carbocycles. The van der Waals surface area contributed by atoms with Crippen LogP contribution in [0.15, 0.2) is 72.8 Å². The van der Waals surface area contributed by atoms with Crippen LogP contribution in [0.25, 0.3) is 6.08 Å². The van der Waals surface area contributed by atoms with Crippen LogP contribution in [0, 0.1) is 0 Å². The maximum atomic E-state index is 14.7. The van der Waals surface area contributed by atoms with Gasteiger partial charge in [-0.15, -0.1) is 0 Å². The van der Waals surface area contributed by atoms with Crippen molar-refractivity contribution in [1.82, 2.24) is 0 Å². The number of hydrogen-bond acceptors (Lipinski definition) is 7. The standard InChI is InChI=1S/C34H37F5N2O5/c35-33(36,37)18-4-3-7-24-8-13-27(14-9-24)34(38,39)46-30-15-10-25(11-16-30)12-17-31(42)44-19-5-1-2-6-20-45-32(43)26-21-28(40)23-29(41)22-26/h8-17,21-23H,1-7,18-20,40-41H2/b17-12+. The van der Waals surface area contributed by atoms with E-state index in [1.54, 1.807) is 6.07 Å². The molecule has 0 saturated carbocycles. The highest BCUT2D eigenvalue weighted by Gasteiger charge is 2.34. The molecular weight excluding hydrogens is 611 g/mol. The summed E-state index contributed by atoms with van der Waals surface area (Å²) in [7, 11) is 0. The quantitative estimate of drug-likeness (QED) is 0.0498. The van der Waals surface area contributed by atoms with Gasteiger partial charge in [-0.05, 0) is 105 Å². The maximum absolute atomic E-state index is 14.7. The second-order valence-electron chi connectivity index (χ2n) is 10.6. The van der Waals surface area contributed by atoms with Gasteiger partial charge < -0.3 is 25.7 Å². The van der Waals surface area contributed by atoms with Gasteiger partial charge in [0.05, 0.1) is 24.3 Å². The number of aryl methyl sites for hydroxylation is 1. The molecule has 4 N–H and O–H groups in total. The largest absolute Gasteiger partial charge is 0.463 e. The van der Waals surface area contributed by atoms with Gasteiger partial charge in [0.2, 0.25) is 0 Å². The summed E-state index contributed by atoms with van der Waals surface area (Å²) in [5, 5.41) is 0. The SMILES string of the molecule is Nc1cc(N)cc(C(=O)OCCCCCCOC(=O)/C=C/c2ccc(OC(F)(F)c3ccc(CCCCC(F)(F)F)cc3)cc2)c1. The molecular formula is C34H37F5N2O5. The van der Waals surface area contributed by atoms with Gasteiger partial charge >= 0.3 is 24.2 Å². The number of nitrogen functional groups attached to an aromatic ring is 2. The zero-order valence-corrected chi connectivity index (χ0v) is 25.2. The first-order valence-corrected chi connectivity index (χ1v) is 14.8. The Morgan fingerprint density at radius 3 is 1.93 bits per heavy atom. The smallest absolute Gasteiger partial charge is 0.426 e. The van der Waals surface area contributed by atoms with Crippen molar-refractivity contribution in [2.24, 2.45) is 0 Å². The molecule has 0 radical (unpaired) electrons. The first-order valence-electron chi connectivity index (χ1n) is 14.8. The molecule has 0 aromatic heterocycles. The summed E-state index contributed by atoms with van der Waals surface area (Å²) < 4.78 is 81.4. The summed E-state index contributed by atoms with van der Waals surface area (Å²) in [6.07, 6.45) is -2.54. The lowest BCUT2D eigenvalue weighted by Crippen LogP contribution is -2.21. The van der Waals surface area contributed by atoms with E-state index in [9.17, 15) is 31.5 Å². The molecule has 7 nitrogen and oxygen atoms in total. The second kappa shape index (κ2) is 17.2. The minimum atomic E-state index is -4.20. The molecule has 0 aliphatic carbocycles. The first kappa shape index (κ1) is 35.9. The van der Waals surface area contributed by atoms with Crippen molar-refractivity contribution in [2.45, 2.75) is 63.7 Å². The van der Waals surface area contributed by atoms with Gasteiger partial charge in [0.15, 0.2) is 0 Å². The van der Waals surface area contributed by atoms with Crippen LogP contribution < -0.4 is 16.2 Å².